The van der Waals surface area contributed by atoms with Crippen LogP contribution >= 0.6 is 0 Å². The topological polar surface area (TPSA) is 99.7 Å². The second-order valence-electron chi connectivity index (χ2n) is 5.42. The van der Waals surface area contributed by atoms with Crippen LogP contribution in [0, 0.1) is 0 Å². The van der Waals surface area contributed by atoms with E-state index in [1.165, 1.54) is 0 Å². The molecular formula is C17H21N7O. The highest BCUT2D eigenvalue weighted by atomic mass is 16.3. The summed E-state index contributed by atoms with van der Waals surface area (Å²) in [7, 11) is 0. The molecule has 0 saturated heterocycles. The monoisotopic (exact) mass is 339 g/mol. The molecular weight excluding hydrogens is 318 g/mol. The molecule has 0 saturated carbocycles. The van der Waals surface area contributed by atoms with E-state index in [1.807, 2.05) is 35.7 Å². The fourth-order valence-corrected chi connectivity index (χ4v) is 2.39. The molecule has 8 heteroatoms. The first-order chi connectivity index (χ1) is 12.3. The molecule has 25 heavy (non-hydrogen) atoms. The van der Waals surface area contributed by atoms with Crippen LogP contribution in [0.15, 0.2) is 53.9 Å². The van der Waals surface area contributed by atoms with Crippen molar-refractivity contribution >= 4 is 11.6 Å². The Morgan fingerprint density at radius 1 is 1.20 bits per heavy atom. The van der Waals surface area contributed by atoms with Gasteiger partial charge in [0, 0.05) is 31.7 Å². The van der Waals surface area contributed by atoms with Crippen LogP contribution in [-0.4, -0.2) is 43.7 Å². The van der Waals surface area contributed by atoms with Gasteiger partial charge < -0.3 is 15.7 Å². The molecule has 3 N–H and O–H groups in total. The Bertz CT molecular complexity index is 831. The highest BCUT2D eigenvalue weighted by molar-refractivity contribution is 5.79. The lowest BCUT2D eigenvalue weighted by Crippen LogP contribution is -2.39. The van der Waals surface area contributed by atoms with Gasteiger partial charge in [0.2, 0.25) is 0 Å². The highest BCUT2D eigenvalue weighted by Gasteiger charge is 2.09. The third kappa shape index (κ3) is 4.30. The molecule has 0 spiro atoms. The van der Waals surface area contributed by atoms with Crippen molar-refractivity contribution in [2.24, 2.45) is 4.99 Å². The van der Waals surface area contributed by atoms with Gasteiger partial charge in [0.1, 0.15) is 6.54 Å². The molecule has 0 bridgehead atoms. The molecule has 0 aliphatic heterocycles. The molecule has 0 amide bonds. The summed E-state index contributed by atoms with van der Waals surface area (Å²) in [5, 5.41) is 24.8. The van der Waals surface area contributed by atoms with Gasteiger partial charge in [0.25, 0.3) is 0 Å². The number of nitrogens with one attached hydrogen (secondary N) is 2. The third-order valence-corrected chi connectivity index (χ3v) is 3.66. The Balaban J connectivity index is 1.65. The van der Waals surface area contributed by atoms with Crippen LogP contribution in [0.1, 0.15) is 24.4 Å². The van der Waals surface area contributed by atoms with E-state index in [2.05, 4.69) is 30.8 Å². The quantitative estimate of drug-likeness (QED) is 0.456. The Hall–Kier alpha value is -3.00. The molecule has 8 nitrogen and oxygen atoms in total. The maximum absolute atomic E-state index is 10.2. The first-order valence-corrected chi connectivity index (χ1v) is 8.16. The van der Waals surface area contributed by atoms with Gasteiger partial charge in [-0.25, -0.2) is 4.99 Å². The van der Waals surface area contributed by atoms with Crippen LogP contribution in [0.25, 0.3) is 5.65 Å². The van der Waals surface area contributed by atoms with Gasteiger partial charge in [-0.2, -0.15) is 0 Å². The average Bonchev–Trinajstić information content (AvgIpc) is 3.07. The third-order valence-electron chi connectivity index (χ3n) is 3.66. The van der Waals surface area contributed by atoms with E-state index in [0.717, 1.165) is 23.6 Å². The molecule has 130 valence electrons. The van der Waals surface area contributed by atoms with Gasteiger partial charge in [0.15, 0.2) is 17.4 Å². The number of pyridine rings is 2. The number of aliphatic imine (C=N–C) groups is 1. The summed E-state index contributed by atoms with van der Waals surface area (Å²) in [6.45, 7) is 3.43. The normalized spacial score (nSPS) is 13.0. The van der Waals surface area contributed by atoms with Gasteiger partial charge in [-0.15, -0.1) is 10.2 Å². The summed E-state index contributed by atoms with van der Waals surface area (Å²) >= 11 is 0. The van der Waals surface area contributed by atoms with Gasteiger partial charge in [-0.05, 0) is 36.8 Å². The summed E-state index contributed by atoms with van der Waals surface area (Å²) in [5.74, 6) is 1.37. The number of aliphatic hydroxyl groups is 1. The second kappa shape index (κ2) is 8.20. The Morgan fingerprint density at radius 2 is 2.04 bits per heavy atom. The van der Waals surface area contributed by atoms with Crippen molar-refractivity contribution in [1.29, 1.82) is 0 Å². The van der Waals surface area contributed by atoms with Gasteiger partial charge >= 0.3 is 0 Å². The molecule has 1 atom stereocenters. The molecule has 0 aliphatic rings. The zero-order chi connectivity index (χ0) is 17.5. The number of fused-ring (bicyclic) bond motifs is 1. The highest BCUT2D eigenvalue weighted by Crippen LogP contribution is 2.09. The fraction of sp³-hybridized carbons (Fsp3) is 0.294. The summed E-state index contributed by atoms with van der Waals surface area (Å²) in [5.41, 5.74) is 1.60. The maximum atomic E-state index is 10.2. The lowest BCUT2D eigenvalue weighted by Gasteiger charge is -2.15. The van der Waals surface area contributed by atoms with Gasteiger partial charge in [-0.3, -0.25) is 9.38 Å². The number of aliphatic hydroxyl groups excluding tert-OH is 1. The minimum atomic E-state index is -0.638. The van der Waals surface area contributed by atoms with Crippen molar-refractivity contribution in [2.75, 3.05) is 13.1 Å². The summed E-state index contributed by atoms with van der Waals surface area (Å²) in [6, 6.07) is 9.33. The standard InChI is InChI=1S/C17H21N7O/c1-2-19-17(20-11-14(25)13-6-8-18-9-7-13)21-12-16-23-22-15-5-3-4-10-24(15)16/h3-10,14,25H,2,11-12H2,1H3,(H2,19,20,21). The number of guanidine groups is 1. The van der Waals surface area contributed by atoms with E-state index >= 15 is 0 Å². The van der Waals surface area contributed by atoms with E-state index in [0.29, 0.717) is 19.0 Å². The Morgan fingerprint density at radius 3 is 2.84 bits per heavy atom. The van der Waals surface area contributed by atoms with Crippen LogP contribution in [0.2, 0.25) is 0 Å². The zero-order valence-corrected chi connectivity index (χ0v) is 14.0. The lowest BCUT2D eigenvalue weighted by atomic mass is 10.1. The minimum absolute atomic E-state index is 0.344. The molecule has 1 unspecified atom stereocenters. The van der Waals surface area contributed by atoms with E-state index in [4.69, 9.17) is 0 Å². The number of hydrogen-bond donors (Lipinski definition) is 3. The predicted octanol–water partition coefficient (Wildman–Crippen LogP) is 0.913. The number of rotatable bonds is 6. The molecule has 3 heterocycles. The molecule has 3 aromatic rings. The van der Waals surface area contributed by atoms with Crippen LogP contribution in [0.3, 0.4) is 0 Å². The number of hydrogen-bond acceptors (Lipinski definition) is 5. The predicted molar refractivity (Wildman–Crippen MR) is 95.0 cm³/mol. The smallest absolute Gasteiger partial charge is 0.191 e. The van der Waals surface area contributed by atoms with Crippen molar-refractivity contribution in [2.45, 2.75) is 19.6 Å². The Kier molecular flexibility index (Phi) is 5.53. The second-order valence-corrected chi connectivity index (χ2v) is 5.42. The average molecular weight is 339 g/mol. The van der Waals surface area contributed by atoms with E-state index < -0.39 is 6.10 Å². The van der Waals surface area contributed by atoms with Crippen molar-refractivity contribution in [3.63, 3.8) is 0 Å². The van der Waals surface area contributed by atoms with Gasteiger partial charge in [0.05, 0.1) is 6.10 Å². The molecule has 0 radical (unpaired) electrons. The molecule has 0 fully saturated rings. The largest absolute Gasteiger partial charge is 0.387 e. The van der Waals surface area contributed by atoms with Crippen molar-refractivity contribution in [3.05, 3.63) is 60.3 Å². The molecule has 0 aromatic carbocycles. The van der Waals surface area contributed by atoms with Crippen molar-refractivity contribution in [1.82, 2.24) is 30.2 Å². The summed E-state index contributed by atoms with van der Waals surface area (Å²) < 4.78 is 1.90. The lowest BCUT2D eigenvalue weighted by molar-refractivity contribution is 0.180. The van der Waals surface area contributed by atoms with E-state index in [1.54, 1.807) is 24.5 Å². The van der Waals surface area contributed by atoms with Crippen LogP contribution in [-0.2, 0) is 6.54 Å². The molecule has 3 aromatic heterocycles. The SMILES string of the molecule is CCNC(=NCc1nnc2ccccn12)NCC(O)c1ccncc1. The number of aromatic nitrogens is 4. The zero-order valence-electron chi connectivity index (χ0n) is 14.0. The van der Waals surface area contributed by atoms with Crippen LogP contribution < -0.4 is 10.6 Å². The molecule has 0 aliphatic carbocycles. The summed E-state index contributed by atoms with van der Waals surface area (Å²) in [6.07, 6.45) is 4.59. The van der Waals surface area contributed by atoms with E-state index in [9.17, 15) is 5.11 Å². The first kappa shape index (κ1) is 16.8. The van der Waals surface area contributed by atoms with Crippen molar-refractivity contribution < 1.29 is 5.11 Å². The number of nitrogens with zero attached hydrogens (tertiary/aromatic N) is 5. The van der Waals surface area contributed by atoms with E-state index in [-0.39, 0.29) is 0 Å². The van der Waals surface area contributed by atoms with Crippen molar-refractivity contribution in [3.8, 4) is 0 Å². The first-order valence-electron chi connectivity index (χ1n) is 8.16. The summed E-state index contributed by atoms with van der Waals surface area (Å²) in [4.78, 5) is 8.47. The van der Waals surface area contributed by atoms with Crippen LogP contribution in [0.5, 0.6) is 0 Å². The minimum Gasteiger partial charge on any atom is -0.387 e. The van der Waals surface area contributed by atoms with Gasteiger partial charge in [-0.1, -0.05) is 6.07 Å². The maximum Gasteiger partial charge on any atom is 0.191 e. The molecule has 3 rings (SSSR count). The Labute approximate surface area is 145 Å². The fourth-order valence-electron chi connectivity index (χ4n) is 2.39. The van der Waals surface area contributed by atoms with Crippen LogP contribution in [0.4, 0.5) is 0 Å².